The van der Waals surface area contributed by atoms with Gasteiger partial charge in [0.05, 0.1) is 12.2 Å². The molecule has 3 nitrogen and oxygen atoms in total. The Morgan fingerprint density at radius 2 is 2.14 bits per heavy atom. The molecule has 0 aromatic rings. The largest absolute Gasteiger partial charge is 0.373 e. The monoisotopic (exact) mass is 218 g/mol. The van der Waals surface area contributed by atoms with Gasteiger partial charge in [-0.2, -0.15) is 0 Å². The van der Waals surface area contributed by atoms with Crippen molar-refractivity contribution in [3.63, 3.8) is 0 Å². The van der Waals surface area contributed by atoms with Gasteiger partial charge in [0, 0.05) is 13.0 Å². The lowest BCUT2D eigenvalue weighted by molar-refractivity contribution is 0.0230. The molecule has 4 heteroatoms. The van der Waals surface area contributed by atoms with E-state index in [0.29, 0.717) is 0 Å². The van der Waals surface area contributed by atoms with Gasteiger partial charge >= 0.3 is 0 Å². The number of aliphatic hydroxyl groups excluding tert-OH is 1. The summed E-state index contributed by atoms with van der Waals surface area (Å²) in [7, 11) is 1.86. The van der Waals surface area contributed by atoms with Crippen molar-refractivity contribution in [1.82, 2.24) is 4.90 Å². The second-order valence-corrected chi connectivity index (χ2v) is 4.63. The first-order valence-corrected chi connectivity index (χ1v) is 6.26. The van der Waals surface area contributed by atoms with E-state index in [-0.39, 0.29) is 5.92 Å². The Morgan fingerprint density at radius 1 is 1.50 bits per heavy atom. The van der Waals surface area contributed by atoms with E-state index in [2.05, 4.69) is 18.8 Å². The van der Waals surface area contributed by atoms with E-state index in [0.717, 1.165) is 18.1 Å². The summed E-state index contributed by atoms with van der Waals surface area (Å²) in [6, 6.07) is 0. The highest BCUT2D eigenvalue weighted by Crippen LogP contribution is 2.09. The molecule has 0 amide bonds. The van der Waals surface area contributed by atoms with Gasteiger partial charge in [-0.15, -0.1) is 11.8 Å². The highest BCUT2D eigenvalue weighted by Gasteiger charge is 2.14. The van der Waals surface area contributed by atoms with Gasteiger partial charge in [-0.25, -0.2) is 0 Å². The normalized spacial score (nSPS) is 15.8. The van der Waals surface area contributed by atoms with E-state index in [9.17, 15) is 5.11 Å². The van der Waals surface area contributed by atoms with Crippen LogP contribution in [0.5, 0.6) is 0 Å². The lowest BCUT2D eigenvalue weighted by Gasteiger charge is -2.25. The number of nitrogens with zero attached hydrogens (tertiary/aromatic N) is 2. The third-order valence-electron chi connectivity index (χ3n) is 2.20. The number of aliphatic imine (C=N–C) groups is 1. The van der Waals surface area contributed by atoms with Crippen molar-refractivity contribution < 1.29 is 5.11 Å². The van der Waals surface area contributed by atoms with Crippen LogP contribution >= 0.6 is 11.8 Å². The van der Waals surface area contributed by atoms with Gasteiger partial charge in [0.25, 0.3) is 0 Å². The Hall–Kier alpha value is -0.220. The van der Waals surface area contributed by atoms with Crippen molar-refractivity contribution in [1.29, 1.82) is 0 Å². The van der Waals surface area contributed by atoms with E-state index >= 15 is 0 Å². The van der Waals surface area contributed by atoms with Crippen LogP contribution in [0, 0.1) is 5.92 Å². The van der Waals surface area contributed by atoms with Crippen molar-refractivity contribution in [2.45, 2.75) is 33.4 Å². The van der Waals surface area contributed by atoms with Crippen LogP contribution in [0.15, 0.2) is 4.99 Å². The van der Waals surface area contributed by atoms with Crippen molar-refractivity contribution in [2.24, 2.45) is 10.9 Å². The summed E-state index contributed by atoms with van der Waals surface area (Å²) < 4.78 is 0. The molecule has 0 radical (unpaired) electrons. The molecule has 2 atom stereocenters. The van der Waals surface area contributed by atoms with Crippen LogP contribution in [-0.4, -0.2) is 41.3 Å². The summed E-state index contributed by atoms with van der Waals surface area (Å²) in [5.74, 6) is 2.13. The van der Waals surface area contributed by atoms with Crippen molar-refractivity contribution >= 4 is 18.1 Å². The Balaban J connectivity index is 3.81. The number of aliphatic hydroxyl groups is 1. The zero-order chi connectivity index (χ0) is 11.0. The molecule has 0 saturated heterocycles. The zero-order valence-corrected chi connectivity index (χ0v) is 10.4. The number of thioether (sulfide) groups is 1. The van der Waals surface area contributed by atoms with E-state index in [4.69, 9.17) is 0 Å². The average Bonchev–Trinajstić information content (AvgIpc) is 2.21. The number of hydrogen-bond acceptors (Lipinski definition) is 3. The summed E-state index contributed by atoms with van der Waals surface area (Å²) in [5, 5.41) is 9.77. The average molecular weight is 218 g/mol. The van der Waals surface area contributed by atoms with Crippen LogP contribution in [0.4, 0.5) is 0 Å². The summed E-state index contributed by atoms with van der Waals surface area (Å²) >= 11 is 1.77. The molecule has 0 aromatic heterocycles. The van der Waals surface area contributed by atoms with Gasteiger partial charge in [-0.3, -0.25) is 4.99 Å². The fourth-order valence-electron chi connectivity index (χ4n) is 0.987. The Labute approximate surface area is 91.6 Å². The van der Waals surface area contributed by atoms with E-state index in [1.807, 2.05) is 14.0 Å². The van der Waals surface area contributed by atoms with Gasteiger partial charge in [-0.05, 0) is 12.2 Å². The van der Waals surface area contributed by atoms with Gasteiger partial charge < -0.3 is 10.0 Å². The summed E-state index contributed by atoms with van der Waals surface area (Å²) in [5.41, 5.74) is 0. The predicted octanol–water partition coefficient (Wildman–Crippen LogP) is 2.02. The lowest BCUT2D eigenvalue weighted by Crippen LogP contribution is -2.35. The maximum atomic E-state index is 9.77. The van der Waals surface area contributed by atoms with Gasteiger partial charge in [0.1, 0.15) is 6.23 Å². The van der Waals surface area contributed by atoms with Gasteiger partial charge in [0.15, 0.2) is 0 Å². The molecule has 0 fully saturated rings. The fraction of sp³-hybridized carbons (Fsp3) is 0.900. The minimum Gasteiger partial charge on any atom is -0.373 e. The first-order chi connectivity index (χ1) is 6.63. The van der Waals surface area contributed by atoms with Crippen LogP contribution in [0.3, 0.4) is 0 Å². The first-order valence-electron chi connectivity index (χ1n) is 5.11. The molecule has 0 aliphatic heterocycles. The molecular weight excluding hydrogens is 196 g/mol. The van der Waals surface area contributed by atoms with Crippen LogP contribution < -0.4 is 0 Å². The first kappa shape index (κ1) is 13.8. The molecule has 0 aliphatic rings. The summed E-state index contributed by atoms with van der Waals surface area (Å²) in [6.07, 6.45) is 2.28. The quantitative estimate of drug-likeness (QED) is 0.307. The molecule has 1 unspecified atom stereocenters. The second-order valence-electron chi connectivity index (χ2n) is 3.38. The topological polar surface area (TPSA) is 35.8 Å². The van der Waals surface area contributed by atoms with Crippen molar-refractivity contribution in [3.05, 3.63) is 0 Å². The molecule has 84 valence electrons. The summed E-state index contributed by atoms with van der Waals surface area (Å²) in [6.45, 7) is 6.22. The molecule has 0 saturated carbocycles. The predicted molar refractivity (Wildman–Crippen MR) is 64.7 cm³/mol. The fourth-order valence-corrected chi connectivity index (χ4v) is 1.34. The molecule has 14 heavy (non-hydrogen) atoms. The second kappa shape index (κ2) is 8.12. The third kappa shape index (κ3) is 5.50. The molecule has 1 N–H and O–H groups in total. The van der Waals surface area contributed by atoms with E-state index in [1.165, 1.54) is 0 Å². The zero-order valence-electron chi connectivity index (χ0n) is 9.60. The molecule has 0 aliphatic carbocycles. The van der Waals surface area contributed by atoms with Crippen molar-refractivity contribution in [3.8, 4) is 0 Å². The molecular formula is C10H22N2OS. The highest BCUT2D eigenvalue weighted by atomic mass is 32.2. The van der Waals surface area contributed by atoms with Crippen LogP contribution in [0.25, 0.3) is 0 Å². The number of hydrogen-bond donors (Lipinski definition) is 1. The summed E-state index contributed by atoms with van der Waals surface area (Å²) in [4.78, 5) is 5.97. The maximum Gasteiger partial charge on any atom is 0.129 e. The van der Waals surface area contributed by atoms with Gasteiger partial charge in [-0.1, -0.05) is 20.8 Å². The Morgan fingerprint density at radius 3 is 2.64 bits per heavy atom. The Bertz CT molecular complexity index is 164. The molecule has 0 rings (SSSR count). The van der Waals surface area contributed by atoms with Crippen LogP contribution in [0.1, 0.15) is 27.2 Å². The standard InChI is InChI=1S/C10H22N2OS/c1-5-9(3)10(13)12(4)7-11-8-14-6-2/h7,9-10,13H,5-6,8H2,1-4H3/t9-,10?/m0/s1. The van der Waals surface area contributed by atoms with Gasteiger partial charge in [0.2, 0.25) is 0 Å². The lowest BCUT2D eigenvalue weighted by atomic mass is 10.1. The maximum absolute atomic E-state index is 9.77. The molecule has 0 heterocycles. The van der Waals surface area contributed by atoms with E-state index in [1.54, 1.807) is 23.0 Å². The Kier molecular flexibility index (Phi) is 7.99. The van der Waals surface area contributed by atoms with Crippen LogP contribution in [0.2, 0.25) is 0 Å². The molecule has 0 spiro atoms. The van der Waals surface area contributed by atoms with Crippen LogP contribution in [-0.2, 0) is 0 Å². The minimum absolute atomic E-state index is 0.283. The third-order valence-corrected chi connectivity index (χ3v) is 2.94. The molecule has 0 aromatic carbocycles. The minimum atomic E-state index is -0.421. The van der Waals surface area contributed by atoms with E-state index < -0.39 is 6.23 Å². The smallest absolute Gasteiger partial charge is 0.129 e. The van der Waals surface area contributed by atoms with Crippen molar-refractivity contribution in [2.75, 3.05) is 18.7 Å². The SMILES string of the molecule is CCSCN=CN(C)C(O)[C@@H](C)CC. The highest BCUT2D eigenvalue weighted by molar-refractivity contribution is 7.99. The molecule has 0 bridgehead atoms. The number of rotatable bonds is 7.